The lowest BCUT2D eigenvalue weighted by Crippen LogP contribution is -2.42. The van der Waals surface area contributed by atoms with E-state index < -0.39 is 16.6 Å². The van der Waals surface area contributed by atoms with Gasteiger partial charge < -0.3 is 14.3 Å². The zero-order valence-electron chi connectivity index (χ0n) is 10.0. The fourth-order valence-electron chi connectivity index (χ4n) is 1.42. The molecule has 3 nitrogen and oxygen atoms in total. The van der Waals surface area contributed by atoms with E-state index in [1.807, 2.05) is 11.4 Å². The van der Waals surface area contributed by atoms with Crippen LogP contribution in [0.15, 0.2) is 23.6 Å². The first-order valence-corrected chi connectivity index (χ1v) is 11.1. The minimum atomic E-state index is -1.82. The van der Waals surface area contributed by atoms with Gasteiger partial charge in [-0.1, -0.05) is 38.4 Å². The first-order valence-electron chi connectivity index (χ1n) is 5.10. The summed E-state index contributed by atoms with van der Waals surface area (Å²) in [6, 6.07) is 0. The summed E-state index contributed by atoms with van der Waals surface area (Å²) < 4.78 is 6.11. The Morgan fingerprint density at radius 2 is 1.12 bits per heavy atom. The summed E-state index contributed by atoms with van der Waals surface area (Å²) in [4.78, 5) is 0. The van der Waals surface area contributed by atoms with Crippen molar-refractivity contribution in [2.24, 2.45) is 0 Å². The van der Waals surface area contributed by atoms with E-state index in [9.17, 15) is 0 Å². The van der Waals surface area contributed by atoms with Crippen molar-refractivity contribution in [2.75, 3.05) is 13.2 Å². The molecule has 0 aliphatic rings. The van der Waals surface area contributed by atoms with Crippen LogP contribution in [0.4, 0.5) is 0 Å². The predicted molar refractivity (Wildman–Crippen MR) is 82.0 cm³/mol. The van der Waals surface area contributed by atoms with Gasteiger partial charge in [-0.25, -0.2) is 0 Å². The van der Waals surface area contributed by atoms with Gasteiger partial charge in [0.05, 0.1) is 13.2 Å². The highest BCUT2D eigenvalue weighted by Gasteiger charge is 2.28. The van der Waals surface area contributed by atoms with E-state index in [0.717, 1.165) is 0 Å². The Labute approximate surface area is 109 Å². The fraction of sp³-hybridized carbons (Fsp3) is 0.667. The Morgan fingerprint density at radius 1 is 0.824 bits per heavy atom. The SMILES string of the molecule is C.C.C[Si](C)(C=CCO)O[Si](C)(C)C=CCO. The molecule has 0 spiro atoms. The van der Waals surface area contributed by atoms with E-state index in [0.29, 0.717) is 0 Å². The van der Waals surface area contributed by atoms with E-state index in [1.54, 1.807) is 12.2 Å². The molecule has 17 heavy (non-hydrogen) atoms. The molecule has 0 heterocycles. The van der Waals surface area contributed by atoms with Gasteiger partial charge in [-0.3, -0.25) is 0 Å². The van der Waals surface area contributed by atoms with Crippen LogP contribution in [0.5, 0.6) is 0 Å². The molecular formula is C12H30O3Si2. The molecule has 0 atom stereocenters. The maximum Gasteiger partial charge on any atom is 0.198 e. The quantitative estimate of drug-likeness (QED) is 0.735. The molecule has 0 rings (SSSR count). The second kappa shape index (κ2) is 9.79. The summed E-state index contributed by atoms with van der Waals surface area (Å²) in [6.07, 6.45) is 3.49. The average molecular weight is 279 g/mol. The molecule has 104 valence electrons. The largest absolute Gasteiger partial charge is 0.449 e. The summed E-state index contributed by atoms with van der Waals surface area (Å²) >= 11 is 0. The molecule has 0 aromatic rings. The monoisotopic (exact) mass is 278 g/mol. The molecule has 0 saturated carbocycles. The van der Waals surface area contributed by atoms with Crippen molar-refractivity contribution in [3.8, 4) is 0 Å². The second-order valence-corrected chi connectivity index (χ2v) is 12.4. The highest BCUT2D eigenvalue weighted by Crippen LogP contribution is 2.16. The topological polar surface area (TPSA) is 49.7 Å². The van der Waals surface area contributed by atoms with Crippen molar-refractivity contribution in [1.82, 2.24) is 0 Å². The minimum absolute atomic E-state index is 0. The standard InChI is InChI=1S/C10H22O3Si2.2CH4/c1-14(2,9-5-7-11)13-15(3,4)10-6-8-12;;/h5-6,9-12H,7-8H2,1-4H3;2*1H4. The van der Waals surface area contributed by atoms with Gasteiger partial charge in [0.2, 0.25) is 0 Å². The minimum Gasteiger partial charge on any atom is -0.449 e. The van der Waals surface area contributed by atoms with Gasteiger partial charge >= 0.3 is 0 Å². The van der Waals surface area contributed by atoms with Gasteiger partial charge in [0.15, 0.2) is 16.6 Å². The van der Waals surface area contributed by atoms with E-state index in [2.05, 4.69) is 26.2 Å². The van der Waals surface area contributed by atoms with E-state index >= 15 is 0 Å². The lowest BCUT2D eigenvalue weighted by molar-refractivity contribution is 0.342. The molecule has 0 bridgehead atoms. The van der Waals surface area contributed by atoms with Gasteiger partial charge in [0.1, 0.15) is 0 Å². The van der Waals surface area contributed by atoms with Gasteiger partial charge in [-0.15, -0.1) is 0 Å². The van der Waals surface area contributed by atoms with Crippen LogP contribution in [-0.4, -0.2) is 40.1 Å². The average Bonchev–Trinajstić information content (AvgIpc) is 2.10. The van der Waals surface area contributed by atoms with Crippen LogP contribution >= 0.6 is 0 Å². The molecule has 5 heteroatoms. The Kier molecular flexibility index (Phi) is 12.7. The molecule has 0 aliphatic heterocycles. The molecule has 0 radical (unpaired) electrons. The van der Waals surface area contributed by atoms with Crippen molar-refractivity contribution in [3.63, 3.8) is 0 Å². The van der Waals surface area contributed by atoms with Crippen molar-refractivity contribution in [3.05, 3.63) is 23.6 Å². The first-order chi connectivity index (χ1) is 6.83. The molecule has 0 aromatic carbocycles. The Balaban J connectivity index is -0.000000980. The maximum atomic E-state index is 8.71. The van der Waals surface area contributed by atoms with Gasteiger partial charge in [-0.05, 0) is 26.2 Å². The summed E-state index contributed by atoms with van der Waals surface area (Å²) in [7, 11) is -3.64. The normalized spacial score (nSPS) is 12.6. The molecular weight excluding hydrogens is 248 g/mol. The van der Waals surface area contributed by atoms with E-state index in [1.165, 1.54) is 0 Å². The van der Waals surface area contributed by atoms with Crippen LogP contribution in [0.3, 0.4) is 0 Å². The zero-order valence-corrected chi connectivity index (χ0v) is 12.0. The number of rotatable bonds is 6. The van der Waals surface area contributed by atoms with Crippen molar-refractivity contribution in [2.45, 2.75) is 41.0 Å². The number of hydrogen-bond donors (Lipinski definition) is 2. The lowest BCUT2D eigenvalue weighted by atomic mass is 10.7. The molecule has 0 aliphatic carbocycles. The maximum absolute atomic E-state index is 8.71. The zero-order chi connectivity index (χ0) is 11.9. The van der Waals surface area contributed by atoms with Crippen LogP contribution < -0.4 is 0 Å². The van der Waals surface area contributed by atoms with Crippen molar-refractivity contribution < 1.29 is 14.3 Å². The first kappa shape index (κ1) is 22.0. The third kappa shape index (κ3) is 12.0. The smallest absolute Gasteiger partial charge is 0.198 e. The second-order valence-electron chi connectivity index (χ2n) is 4.48. The lowest BCUT2D eigenvalue weighted by Gasteiger charge is -2.29. The number of aliphatic hydroxyl groups excluding tert-OH is 2. The highest BCUT2D eigenvalue weighted by atomic mass is 28.4. The Morgan fingerprint density at radius 3 is 1.35 bits per heavy atom. The summed E-state index contributed by atoms with van der Waals surface area (Å²) in [5.74, 6) is 0. The van der Waals surface area contributed by atoms with Crippen molar-refractivity contribution in [1.29, 1.82) is 0 Å². The van der Waals surface area contributed by atoms with Crippen LogP contribution in [0.2, 0.25) is 26.2 Å². The predicted octanol–water partition coefficient (Wildman–Crippen LogP) is 2.86. The number of hydrogen-bond acceptors (Lipinski definition) is 3. The third-order valence-corrected chi connectivity index (χ3v) is 8.06. The number of aliphatic hydroxyl groups is 2. The van der Waals surface area contributed by atoms with Crippen molar-refractivity contribution >= 4 is 16.6 Å². The molecule has 0 amide bonds. The van der Waals surface area contributed by atoms with Crippen LogP contribution in [0, 0.1) is 0 Å². The van der Waals surface area contributed by atoms with Gasteiger partial charge in [0, 0.05) is 0 Å². The molecule has 2 N–H and O–H groups in total. The third-order valence-electron chi connectivity index (χ3n) is 1.78. The summed E-state index contributed by atoms with van der Waals surface area (Å²) in [6.45, 7) is 8.52. The van der Waals surface area contributed by atoms with E-state index in [4.69, 9.17) is 14.3 Å². The van der Waals surface area contributed by atoms with Gasteiger partial charge in [-0.2, -0.15) is 0 Å². The van der Waals surface area contributed by atoms with Crippen LogP contribution in [0.25, 0.3) is 0 Å². The van der Waals surface area contributed by atoms with Gasteiger partial charge in [0.25, 0.3) is 0 Å². The summed E-state index contributed by atoms with van der Waals surface area (Å²) in [5, 5.41) is 17.4. The van der Waals surface area contributed by atoms with Crippen LogP contribution in [-0.2, 0) is 4.12 Å². The molecule has 0 unspecified atom stereocenters. The van der Waals surface area contributed by atoms with Crippen LogP contribution in [0.1, 0.15) is 14.9 Å². The fourth-order valence-corrected chi connectivity index (χ4v) is 8.73. The molecule has 0 fully saturated rings. The Bertz CT molecular complexity index is 212. The van der Waals surface area contributed by atoms with E-state index in [-0.39, 0.29) is 28.1 Å². The highest BCUT2D eigenvalue weighted by molar-refractivity contribution is 6.89. The molecule has 0 aromatic heterocycles. The molecule has 0 saturated heterocycles. The summed E-state index contributed by atoms with van der Waals surface area (Å²) in [5.41, 5.74) is 3.99. The Hall–Kier alpha value is -0.206.